The van der Waals surface area contributed by atoms with E-state index in [1.165, 1.54) is 24.0 Å². The van der Waals surface area contributed by atoms with Crippen molar-refractivity contribution in [3.05, 3.63) is 54.4 Å². The molecule has 5 nitrogen and oxygen atoms in total. The van der Waals surface area contributed by atoms with E-state index in [2.05, 4.69) is 55.4 Å². The predicted octanol–water partition coefficient (Wildman–Crippen LogP) is 5.02. The molecule has 0 atom stereocenters. The van der Waals surface area contributed by atoms with Crippen LogP contribution in [-0.2, 0) is 13.0 Å². The second-order valence-electron chi connectivity index (χ2n) is 6.59. The van der Waals surface area contributed by atoms with E-state index in [4.69, 9.17) is 0 Å². The third-order valence-electron chi connectivity index (χ3n) is 4.78. The van der Waals surface area contributed by atoms with E-state index >= 15 is 0 Å². The van der Waals surface area contributed by atoms with E-state index in [9.17, 15) is 0 Å². The van der Waals surface area contributed by atoms with Crippen molar-refractivity contribution in [2.75, 3.05) is 5.32 Å². The number of rotatable bonds is 3. The Bertz CT molecular complexity index is 1030. The molecule has 0 unspecified atom stereocenters. The van der Waals surface area contributed by atoms with Gasteiger partial charge in [0.05, 0.1) is 10.2 Å². The van der Waals surface area contributed by atoms with E-state index in [-0.39, 0.29) is 0 Å². The van der Waals surface area contributed by atoms with Crippen LogP contribution in [0.25, 0.3) is 21.6 Å². The lowest BCUT2D eigenvalue weighted by Crippen LogP contribution is -2.03. The highest BCUT2D eigenvalue weighted by molar-refractivity contribution is 7.22. The Balaban J connectivity index is 1.46. The monoisotopic (exact) mass is 361 g/mol. The second kappa shape index (κ2) is 6.53. The first-order valence-electron chi connectivity index (χ1n) is 9.02. The number of para-hydroxylation sites is 1. The Morgan fingerprint density at radius 1 is 0.962 bits per heavy atom. The molecular formula is C20H19N5S. The quantitative estimate of drug-likeness (QED) is 0.556. The van der Waals surface area contributed by atoms with Crippen LogP contribution >= 0.6 is 11.3 Å². The number of aromatic nitrogens is 4. The van der Waals surface area contributed by atoms with Crippen molar-refractivity contribution < 1.29 is 0 Å². The van der Waals surface area contributed by atoms with Gasteiger partial charge in [-0.05, 0) is 37.1 Å². The average molecular weight is 361 g/mol. The lowest BCUT2D eigenvalue weighted by atomic mass is 10.2. The lowest BCUT2D eigenvalue weighted by Gasteiger charge is -2.09. The molecule has 0 amide bonds. The van der Waals surface area contributed by atoms with Crippen molar-refractivity contribution >= 4 is 32.4 Å². The molecule has 0 saturated carbocycles. The molecule has 0 saturated heterocycles. The summed E-state index contributed by atoms with van der Waals surface area (Å²) < 4.78 is 3.47. The zero-order chi connectivity index (χ0) is 17.3. The molecule has 4 aromatic rings. The first-order chi connectivity index (χ1) is 12.9. The standard InChI is InChI=1S/C20H19N5S/c1-2-11-18-23-24-19(25(18)12-5-1)14-7-6-8-15(13-14)21-20-22-16-9-3-4-10-17(16)26-20/h3-4,6-10,13H,1-2,5,11-12H2,(H,21,22). The summed E-state index contributed by atoms with van der Waals surface area (Å²) in [7, 11) is 0. The summed E-state index contributed by atoms with van der Waals surface area (Å²) in [5.74, 6) is 2.08. The highest BCUT2D eigenvalue weighted by Crippen LogP contribution is 2.30. The number of nitrogens with one attached hydrogen (secondary N) is 1. The van der Waals surface area contributed by atoms with Crippen molar-refractivity contribution in [3.8, 4) is 11.4 Å². The smallest absolute Gasteiger partial charge is 0.188 e. The molecule has 6 heteroatoms. The van der Waals surface area contributed by atoms with Crippen LogP contribution in [0.1, 0.15) is 25.1 Å². The molecule has 2 aromatic carbocycles. The average Bonchev–Trinajstić information content (AvgIpc) is 3.18. The topological polar surface area (TPSA) is 55.6 Å². The van der Waals surface area contributed by atoms with Crippen LogP contribution in [0.2, 0.25) is 0 Å². The second-order valence-corrected chi connectivity index (χ2v) is 7.63. The van der Waals surface area contributed by atoms with Crippen LogP contribution in [-0.4, -0.2) is 19.7 Å². The third kappa shape index (κ3) is 2.86. The summed E-state index contributed by atoms with van der Waals surface area (Å²) in [6.07, 6.45) is 4.69. The molecule has 0 fully saturated rings. The normalized spacial score (nSPS) is 14.2. The number of fused-ring (bicyclic) bond motifs is 2. The number of benzene rings is 2. The highest BCUT2D eigenvalue weighted by Gasteiger charge is 2.16. The number of thiazole rings is 1. The van der Waals surface area contributed by atoms with Gasteiger partial charge in [-0.2, -0.15) is 0 Å². The van der Waals surface area contributed by atoms with Gasteiger partial charge in [-0.3, -0.25) is 0 Å². The summed E-state index contributed by atoms with van der Waals surface area (Å²) in [6.45, 7) is 1.01. The molecule has 1 N–H and O–H groups in total. The Hall–Kier alpha value is -2.73. The SMILES string of the molecule is c1cc(Nc2nc3ccccc3s2)cc(-c2nnc3n2CCCCC3)c1. The molecule has 26 heavy (non-hydrogen) atoms. The van der Waals surface area contributed by atoms with E-state index in [0.717, 1.165) is 46.5 Å². The van der Waals surface area contributed by atoms with Crippen LogP contribution in [0, 0.1) is 0 Å². The fraction of sp³-hybridized carbons (Fsp3) is 0.250. The maximum absolute atomic E-state index is 4.66. The largest absolute Gasteiger partial charge is 0.332 e. The molecule has 1 aliphatic heterocycles. The number of anilines is 2. The minimum atomic E-state index is 0.906. The number of hydrogen-bond donors (Lipinski definition) is 1. The third-order valence-corrected chi connectivity index (χ3v) is 5.73. The molecule has 0 spiro atoms. The van der Waals surface area contributed by atoms with Gasteiger partial charge in [-0.25, -0.2) is 4.98 Å². The fourth-order valence-corrected chi connectivity index (χ4v) is 4.37. The van der Waals surface area contributed by atoms with Gasteiger partial charge in [-0.15, -0.1) is 10.2 Å². The van der Waals surface area contributed by atoms with E-state index in [1.807, 2.05) is 18.2 Å². The van der Waals surface area contributed by atoms with Crippen molar-refractivity contribution in [1.29, 1.82) is 0 Å². The Kier molecular flexibility index (Phi) is 3.90. The van der Waals surface area contributed by atoms with Crippen LogP contribution in [0.3, 0.4) is 0 Å². The van der Waals surface area contributed by atoms with Crippen LogP contribution in [0.15, 0.2) is 48.5 Å². The molecule has 0 radical (unpaired) electrons. The van der Waals surface area contributed by atoms with Crippen molar-refractivity contribution in [2.24, 2.45) is 0 Å². The Morgan fingerprint density at radius 2 is 1.92 bits per heavy atom. The summed E-state index contributed by atoms with van der Waals surface area (Å²) in [5, 5.41) is 13.2. The van der Waals surface area contributed by atoms with Gasteiger partial charge < -0.3 is 9.88 Å². The van der Waals surface area contributed by atoms with Gasteiger partial charge in [0.1, 0.15) is 5.82 Å². The van der Waals surface area contributed by atoms with Gasteiger partial charge in [0, 0.05) is 24.2 Å². The summed E-state index contributed by atoms with van der Waals surface area (Å²) >= 11 is 1.67. The van der Waals surface area contributed by atoms with Crippen LogP contribution in [0.5, 0.6) is 0 Å². The molecule has 130 valence electrons. The molecule has 0 bridgehead atoms. The summed E-state index contributed by atoms with van der Waals surface area (Å²) in [4.78, 5) is 4.66. The molecular weight excluding hydrogens is 342 g/mol. The number of nitrogens with zero attached hydrogens (tertiary/aromatic N) is 4. The zero-order valence-electron chi connectivity index (χ0n) is 14.4. The Labute approximate surface area is 155 Å². The van der Waals surface area contributed by atoms with Crippen molar-refractivity contribution in [2.45, 2.75) is 32.2 Å². The molecule has 3 heterocycles. The van der Waals surface area contributed by atoms with Gasteiger partial charge in [-0.1, -0.05) is 42.0 Å². The van der Waals surface area contributed by atoms with Gasteiger partial charge in [0.15, 0.2) is 11.0 Å². The first kappa shape index (κ1) is 15.5. The van der Waals surface area contributed by atoms with Gasteiger partial charge >= 0.3 is 0 Å². The molecule has 5 rings (SSSR count). The first-order valence-corrected chi connectivity index (χ1v) is 9.83. The number of aryl methyl sites for hydroxylation is 1. The predicted molar refractivity (Wildman–Crippen MR) is 106 cm³/mol. The molecule has 0 aliphatic carbocycles. The highest BCUT2D eigenvalue weighted by atomic mass is 32.1. The number of hydrogen-bond acceptors (Lipinski definition) is 5. The summed E-state index contributed by atoms with van der Waals surface area (Å²) in [5.41, 5.74) is 3.14. The van der Waals surface area contributed by atoms with Crippen LogP contribution < -0.4 is 5.32 Å². The maximum atomic E-state index is 4.66. The zero-order valence-corrected chi connectivity index (χ0v) is 15.2. The molecule has 1 aliphatic rings. The van der Waals surface area contributed by atoms with Crippen molar-refractivity contribution in [1.82, 2.24) is 19.7 Å². The minimum Gasteiger partial charge on any atom is -0.332 e. The molecule has 2 aromatic heterocycles. The van der Waals surface area contributed by atoms with E-state index < -0.39 is 0 Å². The van der Waals surface area contributed by atoms with E-state index in [1.54, 1.807) is 11.3 Å². The van der Waals surface area contributed by atoms with Crippen molar-refractivity contribution in [3.63, 3.8) is 0 Å². The fourth-order valence-electron chi connectivity index (χ4n) is 3.48. The Morgan fingerprint density at radius 3 is 2.88 bits per heavy atom. The lowest BCUT2D eigenvalue weighted by molar-refractivity contribution is 0.636. The van der Waals surface area contributed by atoms with E-state index in [0.29, 0.717) is 0 Å². The minimum absolute atomic E-state index is 0.906. The van der Waals surface area contributed by atoms with Gasteiger partial charge in [0.25, 0.3) is 0 Å². The summed E-state index contributed by atoms with van der Waals surface area (Å²) in [6, 6.07) is 16.6. The maximum Gasteiger partial charge on any atom is 0.188 e. The van der Waals surface area contributed by atoms with Crippen LogP contribution in [0.4, 0.5) is 10.8 Å². The van der Waals surface area contributed by atoms with Gasteiger partial charge in [0.2, 0.25) is 0 Å².